The van der Waals surface area contributed by atoms with Crippen molar-refractivity contribution in [3.05, 3.63) is 24.0 Å². The van der Waals surface area contributed by atoms with Gasteiger partial charge in [0.2, 0.25) is 0 Å². The Morgan fingerprint density at radius 3 is 3.12 bits per heavy atom. The van der Waals surface area contributed by atoms with E-state index in [2.05, 4.69) is 4.98 Å². The van der Waals surface area contributed by atoms with Crippen molar-refractivity contribution in [1.82, 2.24) is 4.98 Å². The molecule has 1 aromatic rings. The molecule has 86 valence electrons. The van der Waals surface area contributed by atoms with E-state index in [1.54, 1.807) is 12.1 Å². The van der Waals surface area contributed by atoms with Crippen LogP contribution < -0.4 is 10.6 Å². The molecule has 2 heterocycles. The van der Waals surface area contributed by atoms with Crippen LogP contribution in [-0.2, 0) is 0 Å². The van der Waals surface area contributed by atoms with Gasteiger partial charge in [-0.1, -0.05) is 0 Å². The summed E-state index contributed by atoms with van der Waals surface area (Å²) in [6.07, 6.45) is 3.49. The Kier molecular flexibility index (Phi) is 3.05. The van der Waals surface area contributed by atoms with Crippen LogP contribution in [0.2, 0.25) is 0 Å². The number of aromatic carboxylic acids is 1. The monoisotopic (exact) mass is 221 g/mol. The Morgan fingerprint density at radius 2 is 2.44 bits per heavy atom. The lowest BCUT2D eigenvalue weighted by Crippen LogP contribution is -2.43. The van der Waals surface area contributed by atoms with Crippen molar-refractivity contribution in [3.8, 4) is 0 Å². The average molecular weight is 221 g/mol. The quantitative estimate of drug-likeness (QED) is 0.768. The van der Waals surface area contributed by atoms with Gasteiger partial charge < -0.3 is 15.7 Å². The van der Waals surface area contributed by atoms with Crippen molar-refractivity contribution in [1.29, 1.82) is 0 Å². The highest BCUT2D eigenvalue weighted by Crippen LogP contribution is 2.22. The zero-order valence-electron chi connectivity index (χ0n) is 8.97. The fourth-order valence-electron chi connectivity index (χ4n) is 2.05. The van der Waals surface area contributed by atoms with Gasteiger partial charge in [0.15, 0.2) is 5.69 Å². The lowest BCUT2D eigenvalue weighted by molar-refractivity contribution is 0.0691. The molecule has 0 bridgehead atoms. The number of carboxylic acid groups (broad SMARTS) is 1. The Bertz CT molecular complexity index is 395. The molecule has 1 fully saturated rings. The highest BCUT2D eigenvalue weighted by molar-refractivity contribution is 5.92. The van der Waals surface area contributed by atoms with Gasteiger partial charge in [0.25, 0.3) is 0 Å². The van der Waals surface area contributed by atoms with Crippen LogP contribution in [-0.4, -0.2) is 35.2 Å². The number of piperidine rings is 1. The number of hydrogen-bond acceptors (Lipinski definition) is 4. The maximum Gasteiger partial charge on any atom is 0.356 e. The van der Waals surface area contributed by atoms with Gasteiger partial charge in [-0.15, -0.1) is 0 Å². The number of carbonyl (C=O) groups is 1. The third-order valence-electron chi connectivity index (χ3n) is 2.79. The van der Waals surface area contributed by atoms with E-state index in [0.717, 1.165) is 19.4 Å². The third-order valence-corrected chi connectivity index (χ3v) is 2.79. The number of anilines is 1. The number of nitrogens with two attached hydrogens (primary N) is 1. The summed E-state index contributed by atoms with van der Waals surface area (Å²) >= 11 is 0. The number of hydrogen-bond donors (Lipinski definition) is 2. The molecule has 2 rings (SSSR count). The van der Waals surface area contributed by atoms with Crippen molar-refractivity contribution >= 4 is 11.7 Å². The van der Waals surface area contributed by atoms with Crippen LogP contribution in [0.25, 0.3) is 0 Å². The standard InChI is InChI=1S/C11H15N3O2/c12-8-3-2-6-14(7-8)9-4-1-5-13-10(9)11(15)16/h1,4-5,8H,2-3,6-7,12H2,(H,15,16)/t8-/m1/s1. The normalized spacial score (nSPS) is 20.8. The molecule has 5 heteroatoms. The van der Waals surface area contributed by atoms with E-state index < -0.39 is 5.97 Å². The molecular formula is C11H15N3O2. The van der Waals surface area contributed by atoms with Crippen molar-refractivity contribution in [3.63, 3.8) is 0 Å². The van der Waals surface area contributed by atoms with Gasteiger partial charge >= 0.3 is 5.97 Å². The van der Waals surface area contributed by atoms with Crippen molar-refractivity contribution in [2.75, 3.05) is 18.0 Å². The molecule has 1 saturated heterocycles. The van der Waals surface area contributed by atoms with Gasteiger partial charge in [-0.25, -0.2) is 9.78 Å². The van der Waals surface area contributed by atoms with Crippen LogP contribution in [0.4, 0.5) is 5.69 Å². The molecule has 0 radical (unpaired) electrons. The van der Waals surface area contributed by atoms with Crippen molar-refractivity contribution in [2.24, 2.45) is 5.73 Å². The first kappa shape index (κ1) is 10.9. The summed E-state index contributed by atoms with van der Waals surface area (Å²) in [4.78, 5) is 16.9. The highest BCUT2D eigenvalue weighted by Gasteiger charge is 2.21. The minimum absolute atomic E-state index is 0.108. The number of rotatable bonds is 2. The molecule has 0 unspecified atom stereocenters. The molecule has 0 amide bonds. The first-order valence-electron chi connectivity index (χ1n) is 5.37. The van der Waals surface area contributed by atoms with Crippen molar-refractivity contribution < 1.29 is 9.90 Å². The molecule has 3 N–H and O–H groups in total. The molecule has 1 aromatic heterocycles. The van der Waals surface area contributed by atoms with Crippen LogP contribution in [0.1, 0.15) is 23.3 Å². The van der Waals surface area contributed by atoms with E-state index in [-0.39, 0.29) is 11.7 Å². The van der Waals surface area contributed by atoms with E-state index in [9.17, 15) is 4.79 Å². The Morgan fingerprint density at radius 1 is 1.62 bits per heavy atom. The predicted molar refractivity (Wildman–Crippen MR) is 60.6 cm³/mol. The summed E-state index contributed by atoms with van der Waals surface area (Å²) in [5, 5.41) is 9.04. The van der Waals surface area contributed by atoms with Gasteiger partial charge in [-0.05, 0) is 25.0 Å². The van der Waals surface area contributed by atoms with Gasteiger partial charge in [-0.2, -0.15) is 0 Å². The maximum atomic E-state index is 11.0. The van der Waals surface area contributed by atoms with Crippen molar-refractivity contribution in [2.45, 2.75) is 18.9 Å². The first-order valence-corrected chi connectivity index (χ1v) is 5.37. The predicted octanol–water partition coefficient (Wildman–Crippen LogP) is 0.707. The first-order chi connectivity index (χ1) is 7.68. The third kappa shape index (κ3) is 2.14. The minimum atomic E-state index is -0.991. The lowest BCUT2D eigenvalue weighted by atomic mass is 10.1. The van der Waals surface area contributed by atoms with Gasteiger partial charge in [-0.3, -0.25) is 0 Å². The molecule has 1 aliphatic heterocycles. The second kappa shape index (κ2) is 4.49. The fourth-order valence-corrected chi connectivity index (χ4v) is 2.05. The van der Waals surface area contributed by atoms with Gasteiger partial charge in [0, 0.05) is 25.3 Å². The second-order valence-corrected chi connectivity index (χ2v) is 4.02. The van der Waals surface area contributed by atoms with Crippen LogP contribution in [0.5, 0.6) is 0 Å². The molecule has 0 spiro atoms. The van der Waals surface area contributed by atoms with Crippen LogP contribution in [0.3, 0.4) is 0 Å². The molecule has 16 heavy (non-hydrogen) atoms. The molecule has 0 aromatic carbocycles. The van der Waals surface area contributed by atoms with Crippen LogP contribution in [0, 0.1) is 0 Å². The van der Waals surface area contributed by atoms with E-state index >= 15 is 0 Å². The van der Waals surface area contributed by atoms with Gasteiger partial charge in [0.1, 0.15) is 0 Å². The van der Waals surface area contributed by atoms with Gasteiger partial charge in [0.05, 0.1) is 5.69 Å². The number of carboxylic acids is 1. The summed E-state index contributed by atoms with van der Waals surface area (Å²) in [6, 6.07) is 3.66. The number of pyridine rings is 1. The maximum absolute atomic E-state index is 11.0. The molecular weight excluding hydrogens is 206 g/mol. The summed E-state index contributed by atoms with van der Waals surface area (Å²) in [5.41, 5.74) is 6.66. The number of aromatic nitrogens is 1. The van der Waals surface area contributed by atoms with E-state index in [1.807, 2.05) is 4.90 Å². The lowest BCUT2D eigenvalue weighted by Gasteiger charge is -2.32. The fraction of sp³-hybridized carbons (Fsp3) is 0.455. The zero-order chi connectivity index (χ0) is 11.5. The largest absolute Gasteiger partial charge is 0.476 e. The second-order valence-electron chi connectivity index (χ2n) is 4.02. The highest BCUT2D eigenvalue weighted by atomic mass is 16.4. The topological polar surface area (TPSA) is 79.5 Å². The zero-order valence-corrected chi connectivity index (χ0v) is 8.97. The van der Waals surface area contributed by atoms with E-state index in [4.69, 9.17) is 10.8 Å². The summed E-state index contributed by atoms with van der Waals surface area (Å²) < 4.78 is 0. The Balaban J connectivity index is 2.28. The molecule has 0 saturated carbocycles. The minimum Gasteiger partial charge on any atom is -0.476 e. The summed E-state index contributed by atoms with van der Waals surface area (Å²) in [6.45, 7) is 1.55. The summed E-state index contributed by atoms with van der Waals surface area (Å²) in [5.74, 6) is -0.991. The van der Waals surface area contributed by atoms with Crippen LogP contribution >= 0.6 is 0 Å². The summed E-state index contributed by atoms with van der Waals surface area (Å²) in [7, 11) is 0. The molecule has 5 nitrogen and oxygen atoms in total. The Hall–Kier alpha value is -1.62. The smallest absolute Gasteiger partial charge is 0.356 e. The average Bonchev–Trinajstić information content (AvgIpc) is 2.29. The molecule has 1 atom stereocenters. The molecule has 1 aliphatic rings. The molecule has 0 aliphatic carbocycles. The SMILES string of the molecule is N[C@@H]1CCCN(c2cccnc2C(=O)O)C1. The number of nitrogens with zero attached hydrogens (tertiary/aromatic N) is 2. The van der Waals surface area contributed by atoms with Crippen LogP contribution in [0.15, 0.2) is 18.3 Å². The Labute approximate surface area is 93.9 Å². The van der Waals surface area contributed by atoms with E-state index in [1.165, 1.54) is 6.20 Å². The van der Waals surface area contributed by atoms with E-state index in [0.29, 0.717) is 12.2 Å².